The summed E-state index contributed by atoms with van der Waals surface area (Å²) in [6, 6.07) is 8.58. The summed E-state index contributed by atoms with van der Waals surface area (Å²) in [6.07, 6.45) is 6.16. The van der Waals surface area contributed by atoms with Crippen LogP contribution in [0.4, 0.5) is 0 Å². The van der Waals surface area contributed by atoms with Gasteiger partial charge in [0.2, 0.25) is 0 Å². The molecule has 0 bridgehead atoms. The van der Waals surface area contributed by atoms with Gasteiger partial charge in [-0.25, -0.2) is 0 Å². The van der Waals surface area contributed by atoms with Crippen molar-refractivity contribution >= 4 is 6.08 Å². The molecule has 1 radical (unpaired) electrons. The van der Waals surface area contributed by atoms with Crippen LogP contribution in [-0.2, 0) is 6.42 Å². The average Bonchev–Trinajstić information content (AvgIpc) is 2.15. The first kappa shape index (κ1) is 9.05. The van der Waals surface area contributed by atoms with E-state index in [-0.39, 0.29) is 0 Å². The molecule has 12 heavy (non-hydrogen) atoms. The van der Waals surface area contributed by atoms with Crippen molar-refractivity contribution < 1.29 is 0 Å². The molecule has 0 saturated carbocycles. The summed E-state index contributed by atoms with van der Waals surface area (Å²) in [5, 5.41) is 0. The summed E-state index contributed by atoms with van der Waals surface area (Å²) in [5.74, 6) is 0. The Bertz CT molecular complexity index is 258. The third-order valence-electron chi connectivity index (χ3n) is 1.84. The van der Waals surface area contributed by atoms with Crippen molar-refractivity contribution in [2.45, 2.75) is 19.8 Å². The number of hydrogen-bond acceptors (Lipinski definition) is 0. The molecule has 0 atom stereocenters. The normalized spacial score (nSPS) is 10.8. The summed E-state index contributed by atoms with van der Waals surface area (Å²) in [7, 11) is 0. The Morgan fingerprint density at radius 1 is 1.42 bits per heavy atom. The van der Waals surface area contributed by atoms with Crippen LogP contribution in [0.2, 0.25) is 0 Å². The summed E-state index contributed by atoms with van der Waals surface area (Å²) in [6.45, 7) is 5.93. The zero-order valence-corrected chi connectivity index (χ0v) is 7.59. The molecule has 0 aromatic heterocycles. The lowest BCUT2D eigenvalue weighted by atomic mass is 10.1. The fourth-order valence-corrected chi connectivity index (χ4v) is 1.14. The van der Waals surface area contributed by atoms with E-state index in [9.17, 15) is 0 Å². The number of hydrogen-bond donors (Lipinski definition) is 0. The second-order valence-corrected chi connectivity index (χ2v) is 2.79. The molecule has 0 unspecified atom stereocenters. The van der Waals surface area contributed by atoms with Crippen LogP contribution in [-0.4, -0.2) is 0 Å². The van der Waals surface area contributed by atoms with Gasteiger partial charge in [-0.05, 0) is 30.9 Å². The summed E-state index contributed by atoms with van der Waals surface area (Å²) in [4.78, 5) is 0. The van der Waals surface area contributed by atoms with Crippen molar-refractivity contribution in [1.29, 1.82) is 0 Å². The fourth-order valence-electron chi connectivity index (χ4n) is 1.14. The summed E-state index contributed by atoms with van der Waals surface area (Å²) < 4.78 is 0. The van der Waals surface area contributed by atoms with Crippen LogP contribution in [0.25, 0.3) is 6.08 Å². The molecule has 0 aliphatic rings. The van der Waals surface area contributed by atoms with Gasteiger partial charge >= 0.3 is 0 Å². The van der Waals surface area contributed by atoms with E-state index in [4.69, 9.17) is 0 Å². The van der Waals surface area contributed by atoms with Crippen molar-refractivity contribution in [3.8, 4) is 0 Å². The number of rotatable bonds is 3. The molecule has 1 rings (SSSR count). The van der Waals surface area contributed by atoms with Gasteiger partial charge in [0, 0.05) is 0 Å². The molecule has 0 saturated heterocycles. The van der Waals surface area contributed by atoms with Gasteiger partial charge in [0.1, 0.15) is 0 Å². The first-order valence-electron chi connectivity index (χ1n) is 4.41. The third kappa shape index (κ3) is 2.54. The molecule has 0 heteroatoms. The van der Waals surface area contributed by atoms with Gasteiger partial charge in [0.05, 0.1) is 0 Å². The monoisotopic (exact) mass is 159 g/mol. The Hall–Kier alpha value is -1.04. The Labute approximate surface area is 74.9 Å². The first-order valence-corrected chi connectivity index (χ1v) is 4.41. The van der Waals surface area contributed by atoms with Crippen LogP contribution in [0.5, 0.6) is 0 Å². The van der Waals surface area contributed by atoms with Gasteiger partial charge in [-0.15, -0.1) is 0 Å². The zero-order valence-electron chi connectivity index (χ0n) is 7.59. The predicted octanol–water partition coefficient (Wildman–Crippen LogP) is 3.49. The van der Waals surface area contributed by atoms with Crippen molar-refractivity contribution in [2.24, 2.45) is 0 Å². The Kier molecular flexibility index (Phi) is 3.59. The molecule has 1 aromatic carbocycles. The van der Waals surface area contributed by atoms with E-state index >= 15 is 0 Å². The molecule has 0 aliphatic heterocycles. The maximum Gasteiger partial charge on any atom is -0.0257 e. The van der Waals surface area contributed by atoms with E-state index in [1.165, 1.54) is 11.1 Å². The van der Waals surface area contributed by atoms with E-state index in [1.807, 2.05) is 0 Å². The van der Waals surface area contributed by atoms with Gasteiger partial charge in [0.25, 0.3) is 0 Å². The molecule has 0 N–H and O–H groups in total. The van der Waals surface area contributed by atoms with Crippen molar-refractivity contribution in [1.82, 2.24) is 0 Å². The Morgan fingerprint density at radius 3 is 2.92 bits per heavy atom. The lowest BCUT2D eigenvalue weighted by molar-refractivity contribution is 1.14. The third-order valence-corrected chi connectivity index (χ3v) is 1.84. The molecule has 1 aromatic rings. The van der Waals surface area contributed by atoms with E-state index < -0.39 is 0 Å². The second kappa shape index (κ2) is 4.76. The van der Waals surface area contributed by atoms with Crippen molar-refractivity contribution in [3.63, 3.8) is 0 Å². The van der Waals surface area contributed by atoms with Gasteiger partial charge in [0.15, 0.2) is 0 Å². The molecule has 0 fully saturated rings. The van der Waals surface area contributed by atoms with E-state index in [1.54, 1.807) is 0 Å². The number of aryl methyl sites for hydroxylation is 1. The largest absolute Gasteiger partial charge is 0.0839 e. The van der Waals surface area contributed by atoms with Crippen LogP contribution in [0.15, 0.2) is 30.3 Å². The molecular formula is C12H15. The standard InChI is InChI=1S/C12H15/c1-3-5-7-12-9-6-8-11(4-2)10-12/h5-10H,1,3-4H2,2H3. The van der Waals surface area contributed by atoms with Crippen molar-refractivity contribution in [2.75, 3.05) is 0 Å². The Morgan fingerprint density at radius 2 is 2.25 bits per heavy atom. The van der Waals surface area contributed by atoms with Gasteiger partial charge in [-0.2, -0.15) is 0 Å². The van der Waals surface area contributed by atoms with Crippen LogP contribution in [0.1, 0.15) is 24.5 Å². The van der Waals surface area contributed by atoms with E-state index in [2.05, 4.69) is 50.3 Å². The van der Waals surface area contributed by atoms with Gasteiger partial charge < -0.3 is 0 Å². The minimum absolute atomic E-state index is 0.857. The maximum atomic E-state index is 3.76. The fraction of sp³-hybridized carbons (Fsp3) is 0.250. The molecule has 0 amide bonds. The van der Waals surface area contributed by atoms with Crippen LogP contribution >= 0.6 is 0 Å². The highest BCUT2D eigenvalue weighted by molar-refractivity contribution is 5.50. The maximum absolute atomic E-state index is 3.76. The minimum atomic E-state index is 0.857. The second-order valence-electron chi connectivity index (χ2n) is 2.79. The molecular weight excluding hydrogens is 144 g/mol. The molecule has 63 valence electrons. The molecule has 0 spiro atoms. The highest BCUT2D eigenvalue weighted by atomic mass is 13.9. The van der Waals surface area contributed by atoms with E-state index in [0.29, 0.717) is 0 Å². The summed E-state index contributed by atoms with van der Waals surface area (Å²) in [5.41, 5.74) is 2.67. The lowest BCUT2D eigenvalue weighted by Gasteiger charge is -1.97. The number of benzene rings is 1. The van der Waals surface area contributed by atoms with Crippen LogP contribution in [0.3, 0.4) is 0 Å². The average molecular weight is 159 g/mol. The number of allylic oxidation sites excluding steroid dienone is 1. The SMILES string of the molecule is [CH2]CC=Cc1cccc(CC)c1. The molecule has 0 heterocycles. The summed E-state index contributed by atoms with van der Waals surface area (Å²) >= 11 is 0. The van der Waals surface area contributed by atoms with Gasteiger partial charge in [-0.3, -0.25) is 0 Å². The highest BCUT2D eigenvalue weighted by Gasteiger charge is 1.88. The smallest absolute Gasteiger partial charge is 0.0257 e. The molecule has 0 aliphatic carbocycles. The lowest BCUT2D eigenvalue weighted by Crippen LogP contribution is -1.79. The zero-order chi connectivity index (χ0) is 8.81. The highest BCUT2D eigenvalue weighted by Crippen LogP contribution is 2.07. The van der Waals surface area contributed by atoms with Crippen molar-refractivity contribution in [3.05, 3.63) is 48.4 Å². The Balaban J connectivity index is 2.79. The van der Waals surface area contributed by atoms with Crippen LogP contribution in [0, 0.1) is 6.92 Å². The first-order chi connectivity index (χ1) is 5.86. The van der Waals surface area contributed by atoms with Gasteiger partial charge in [-0.1, -0.05) is 43.3 Å². The quantitative estimate of drug-likeness (QED) is 0.633. The van der Waals surface area contributed by atoms with E-state index in [0.717, 1.165) is 12.8 Å². The minimum Gasteiger partial charge on any atom is -0.0839 e. The molecule has 0 nitrogen and oxygen atoms in total. The topological polar surface area (TPSA) is 0 Å². The predicted molar refractivity (Wildman–Crippen MR) is 54.8 cm³/mol. The van der Waals surface area contributed by atoms with Crippen LogP contribution < -0.4 is 0 Å².